The van der Waals surface area contributed by atoms with Gasteiger partial charge in [-0.05, 0) is 79.6 Å². The summed E-state index contributed by atoms with van der Waals surface area (Å²) < 4.78 is 13.8. The maximum Gasteiger partial charge on any atom is 0.222 e. The number of carbonyl (C=O) groups is 1. The van der Waals surface area contributed by atoms with Crippen molar-refractivity contribution < 1.29 is 9.18 Å². The minimum atomic E-state index is -0.122. The number of hydrogen-bond donors (Lipinski definition) is 0. The first kappa shape index (κ1) is 19.1. The van der Waals surface area contributed by atoms with E-state index in [1.807, 2.05) is 30.0 Å². The molecule has 0 aliphatic carbocycles. The normalized spacial score (nSPS) is 19.9. The number of aromatic nitrogens is 1. The predicted octanol–water partition coefficient (Wildman–Crippen LogP) is 3.93. The second-order valence-corrected chi connectivity index (χ2v) is 8.41. The summed E-state index contributed by atoms with van der Waals surface area (Å²) in [5.74, 6) is 0.142. The number of hydrogen-bond acceptors (Lipinski definition) is 3. The van der Waals surface area contributed by atoms with Crippen molar-refractivity contribution in [3.8, 4) is 0 Å². The molecule has 0 unspecified atom stereocenters. The summed E-state index contributed by atoms with van der Waals surface area (Å²) in [6.07, 6.45) is 7.40. The van der Waals surface area contributed by atoms with Crippen LogP contribution in [0.25, 0.3) is 0 Å². The van der Waals surface area contributed by atoms with Gasteiger partial charge in [0.15, 0.2) is 0 Å². The standard InChI is InChI=1S/C23H28FN3O/c1-18-20(3-2-4-21(18)24)16-26-13-9-23(10-14-26)8-5-22(28)27(17-23)15-19-6-11-25-12-7-19/h2-4,6-7,11-12H,5,8-10,13-17H2,1H3. The van der Waals surface area contributed by atoms with Gasteiger partial charge in [0, 0.05) is 38.4 Å². The first-order valence-electron chi connectivity index (χ1n) is 10.2. The number of benzene rings is 1. The lowest BCUT2D eigenvalue weighted by molar-refractivity contribution is -0.140. The van der Waals surface area contributed by atoms with Gasteiger partial charge in [-0.15, -0.1) is 0 Å². The highest BCUT2D eigenvalue weighted by atomic mass is 19.1. The van der Waals surface area contributed by atoms with Crippen LogP contribution in [0.5, 0.6) is 0 Å². The molecule has 1 aromatic carbocycles. The molecule has 1 amide bonds. The van der Waals surface area contributed by atoms with Crippen LogP contribution in [0.1, 0.15) is 42.4 Å². The molecule has 28 heavy (non-hydrogen) atoms. The Bertz CT molecular complexity index is 831. The molecule has 2 fully saturated rings. The van der Waals surface area contributed by atoms with Crippen molar-refractivity contribution in [3.63, 3.8) is 0 Å². The maximum absolute atomic E-state index is 13.8. The van der Waals surface area contributed by atoms with Crippen molar-refractivity contribution in [2.24, 2.45) is 5.41 Å². The molecule has 0 radical (unpaired) electrons. The number of pyridine rings is 1. The van der Waals surface area contributed by atoms with E-state index in [4.69, 9.17) is 0 Å². The van der Waals surface area contributed by atoms with Crippen LogP contribution in [0.4, 0.5) is 4.39 Å². The van der Waals surface area contributed by atoms with E-state index in [1.54, 1.807) is 18.5 Å². The third-order valence-corrected chi connectivity index (χ3v) is 6.56. The summed E-state index contributed by atoms with van der Waals surface area (Å²) >= 11 is 0. The van der Waals surface area contributed by atoms with Crippen LogP contribution in [0.15, 0.2) is 42.7 Å². The molecule has 2 aliphatic heterocycles. The van der Waals surface area contributed by atoms with Crippen LogP contribution in [-0.4, -0.2) is 40.3 Å². The molecular formula is C23H28FN3O. The molecule has 2 aliphatic rings. The van der Waals surface area contributed by atoms with Crippen molar-refractivity contribution in [2.45, 2.75) is 45.7 Å². The SMILES string of the molecule is Cc1c(F)cccc1CN1CCC2(CCC(=O)N(Cc3ccncc3)C2)CC1. The second-order valence-electron chi connectivity index (χ2n) is 8.41. The molecule has 1 spiro atoms. The summed E-state index contributed by atoms with van der Waals surface area (Å²) in [5.41, 5.74) is 3.21. The summed E-state index contributed by atoms with van der Waals surface area (Å²) in [5, 5.41) is 0. The predicted molar refractivity (Wildman–Crippen MR) is 107 cm³/mol. The Balaban J connectivity index is 1.37. The molecule has 2 saturated heterocycles. The minimum Gasteiger partial charge on any atom is -0.338 e. The minimum absolute atomic E-state index is 0.122. The van der Waals surface area contributed by atoms with E-state index in [9.17, 15) is 9.18 Å². The van der Waals surface area contributed by atoms with Gasteiger partial charge < -0.3 is 4.90 Å². The number of amides is 1. The number of piperidine rings is 2. The van der Waals surface area contributed by atoms with Gasteiger partial charge in [-0.1, -0.05) is 12.1 Å². The Morgan fingerprint density at radius 3 is 2.57 bits per heavy atom. The zero-order valence-electron chi connectivity index (χ0n) is 16.5. The van der Waals surface area contributed by atoms with Gasteiger partial charge in [0.25, 0.3) is 0 Å². The number of likely N-dealkylation sites (tertiary alicyclic amines) is 2. The molecule has 0 saturated carbocycles. The van der Waals surface area contributed by atoms with E-state index < -0.39 is 0 Å². The molecule has 3 heterocycles. The van der Waals surface area contributed by atoms with E-state index in [0.717, 1.165) is 62.1 Å². The van der Waals surface area contributed by atoms with E-state index >= 15 is 0 Å². The third kappa shape index (κ3) is 4.09. The fraction of sp³-hybridized carbons (Fsp3) is 0.478. The lowest BCUT2D eigenvalue weighted by Crippen LogP contribution is -2.51. The smallest absolute Gasteiger partial charge is 0.222 e. The Morgan fingerprint density at radius 1 is 1.07 bits per heavy atom. The number of nitrogens with zero attached hydrogens (tertiary/aromatic N) is 3. The Hall–Kier alpha value is -2.27. The summed E-state index contributed by atoms with van der Waals surface area (Å²) in [4.78, 5) is 21.0. The van der Waals surface area contributed by atoms with Crippen molar-refractivity contribution in [3.05, 3.63) is 65.2 Å². The van der Waals surface area contributed by atoms with Crippen molar-refractivity contribution in [1.82, 2.24) is 14.8 Å². The van der Waals surface area contributed by atoms with Crippen LogP contribution in [0.2, 0.25) is 0 Å². The van der Waals surface area contributed by atoms with Gasteiger partial charge in [0.05, 0.1) is 0 Å². The second kappa shape index (κ2) is 8.00. The highest BCUT2D eigenvalue weighted by Gasteiger charge is 2.40. The monoisotopic (exact) mass is 381 g/mol. The first-order chi connectivity index (χ1) is 13.5. The molecule has 4 nitrogen and oxygen atoms in total. The molecule has 1 aromatic heterocycles. The Morgan fingerprint density at radius 2 is 1.82 bits per heavy atom. The molecule has 0 atom stereocenters. The van der Waals surface area contributed by atoms with Gasteiger partial charge in [-0.25, -0.2) is 4.39 Å². The van der Waals surface area contributed by atoms with Gasteiger partial charge in [-0.3, -0.25) is 14.7 Å². The summed E-state index contributed by atoms with van der Waals surface area (Å²) in [7, 11) is 0. The highest BCUT2D eigenvalue weighted by Crippen LogP contribution is 2.41. The summed E-state index contributed by atoms with van der Waals surface area (Å²) in [6, 6.07) is 9.32. The van der Waals surface area contributed by atoms with Gasteiger partial charge >= 0.3 is 0 Å². The quantitative estimate of drug-likeness (QED) is 0.805. The topological polar surface area (TPSA) is 36.4 Å². The first-order valence-corrected chi connectivity index (χ1v) is 10.2. The molecule has 0 N–H and O–H groups in total. The van der Waals surface area contributed by atoms with Crippen molar-refractivity contribution >= 4 is 5.91 Å². The average Bonchev–Trinajstić information content (AvgIpc) is 2.71. The molecule has 148 valence electrons. The molecule has 0 bridgehead atoms. The van der Waals surface area contributed by atoms with Crippen molar-refractivity contribution in [1.29, 1.82) is 0 Å². The number of rotatable bonds is 4. The zero-order valence-corrected chi connectivity index (χ0v) is 16.5. The van der Waals surface area contributed by atoms with E-state index in [0.29, 0.717) is 13.0 Å². The Labute approximate surface area is 166 Å². The van der Waals surface area contributed by atoms with E-state index in [-0.39, 0.29) is 17.1 Å². The average molecular weight is 381 g/mol. The molecule has 4 rings (SSSR count). The summed E-state index contributed by atoms with van der Waals surface area (Å²) in [6.45, 7) is 6.20. The van der Waals surface area contributed by atoms with Gasteiger partial charge in [-0.2, -0.15) is 0 Å². The van der Waals surface area contributed by atoms with E-state index in [1.165, 1.54) is 6.07 Å². The molecule has 5 heteroatoms. The van der Waals surface area contributed by atoms with Crippen LogP contribution >= 0.6 is 0 Å². The van der Waals surface area contributed by atoms with Gasteiger partial charge in [0.1, 0.15) is 5.82 Å². The molecular weight excluding hydrogens is 353 g/mol. The fourth-order valence-electron chi connectivity index (χ4n) is 4.61. The lowest BCUT2D eigenvalue weighted by Gasteiger charge is -2.47. The van der Waals surface area contributed by atoms with Crippen LogP contribution < -0.4 is 0 Å². The fourth-order valence-corrected chi connectivity index (χ4v) is 4.61. The largest absolute Gasteiger partial charge is 0.338 e. The Kier molecular flexibility index (Phi) is 5.44. The maximum atomic E-state index is 13.8. The van der Waals surface area contributed by atoms with Crippen LogP contribution in [0, 0.1) is 18.2 Å². The van der Waals surface area contributed by atoms with Gasteiger partial charge in [0.2, 0.25) is 5.91 Å². The number of halogens is 1. The van der Waals surface area contributed by atoms with Crippen LogP contribution in [-0.2, 0) is 17.9 Å². The van der Waals surface area contributed by atoms with Crippen LogP contribution in [0.3, 0.4) is 0 Å². The molecule has 2 aromatic rings. The lowest BCUT2D eigenvalue weighted by atomic mass is 9.72. The highest BCUT2D eigenvalue weighted by molar-refractivity contribution is 5.77. The van der Waals surface area contributed by atoms with Crippen molar-refractivity contribution in [2.75, 3.05) is 19.6 Å². The number of carbonyl (C=O) groups excluding carboxylic acids is 1. The van der Waals surface area contributed by atoms with E-state index in [2.05, 4.69) is 9.88 Å². The zero-order chi connectivity index (χ0) is 19.6. The third-order valence-electron chi connectivity index (χ3n) is 6.56.